The molecule has 0 bridgehead atoms. The average molecular weight is 391 g/mol. The Bertz CT molecular complexity index is 824. The fraction of sp³-hybridized carbons (Fsp3) is 0.526. The van der Waals surface area contributed by atoms with Gasteiger partial charge in [0.1, 0.15) is 5.82 Å². The van der Waals surface area contributed by atoms with Crippen LogP contribution in [0, 0.1) is 0 Å². The molecule has 0 unspecified atom stereocenters. The molecule has 1 aromatic heterocycles. The Morgan fingerprint density at radius 3 is 2.81 bits per heavy atom. The lowest BCUT2D eigenvalue weighted by Gasteiger charge is -2.11. The van der Waals surface area contributed by atoms with Gasteiger partial charge < -0.3 is 10.6 Å². The summed E-state index contributed by atoms with van der Waals surface area (Å²) in [6.07, 6.45) is 3.90. The Labute approximate surface area is 164 Å². The molecule has 3 rings (SSSR count). The molecule has 2 heterocycles. The maximum Gasteiger partial charge on any atom is 0.345 e. The summed E-state index contributed by atoms with van der Waals surface area (Å²) in [5.41, 5.74) is 1.12. The molecule has 8 heteroatoms. The maximum atomic E-state index is 12.3. The highest BCUT2D eigenvalue weighted by atomic mass is 35.5. The quantitative estimate of drug-likeness (QED) is 0.431. The molecule has 0 atom stereocenters. The SMILES string of the molecule is CCNC(=NCc1ccc(Cl)cc1)NCCCn1nc2n(c1=O)CCCC2. The number of benzene rings is 1. The van der Waals surface area contributed by atoms with Gasteiger partial charge in [-0.15, -0.1) is 0 Å². The number of aromatic nitrogens is 3. The van der Waals surface area contributed by atoms with Crippen molar-refractivity contribution < 1.29 is 0 Å². The molecule has 146 valence electrons. The third-order valence-electron chi connectivity index (χ3n) is 4.55. The van der Waals surface area contributed by atoms with Crippen molar-refractivity contribution in [2.75, 3.05) is 13.1 Å². The van der Waals surface area contributed by atoms with E-state index in [2.05, 4.69) is 20.7 Å². The minimum Gasteiger partial charge on any atom is -0.357 e. The largest absolute Gasteiger partial charge is 0.357 e. The molecule has 1 aliphatic rings. The molecule has 0 spiro atoms. The Morgan fingerprint density at radius 2 is 2.07 bits per heavy atom. The van der Waals surface area contributed by atoms with E-state index in [1.54, 1.807) is 4.68 Å². The number of rotatable bonds is 7. The third-order valence-corrected chi connectivity index (χ3v) is 4.80. The summed E-state index contributed by atoms with van der Waals surface area (Å²) in [6.45, 7) is 5.55. The Kier molecular flexibility index (Phi) is 6.92. The molecule has 0 saturated heterocycles. The van der Waals surface area contributed by atoms with Crippen molar-refractivity contribution in [3.8, 4) is 0 Å². The van der Waals surface area contributed by atoms with Gasteiger partial charge in [-0.3, -0.25) is 4.57 Å². The minimum atomic E-state index is 0.0213. The molecule has 0 amide bonds. The van der Waals surface area contributed by atoms with E-state index in [1.807, 2.05) is 35.8 Å². The van der Waals surface area contributed by atoms with Crippen molar-refractivity contribution in [2.24, 2.45) is 4.99 Å². The average Bonchev–Trinajstić information content (AvgIpc) is 3.00. The van der Waals surface area contributed by atoms with Crippen LogP contribution in [0.3, 0.4) is 0 Å². The lowest BCUT2D eigenvalue weighted by Crippen LogP contribution is -2.38. The van der Waals surface area contributed by atoms with Gasteiger partial charge in [-0.25, -0.2) is 14.5 Å². The molecule has 0 aliphatic carbocycles. The number of guanidine groups is 1. The molecule has 2 N–H and O–H groups in total. The summed E-state index contributed by atoms with van der Waals surface area (Å²) < 4.78 is 3.41. The standard InChI is InChI=1S/C19H27ClN6O/c1-2-21-18(23-14-15-7-9-16(20)10-8-15)22-11-5-13-26-19(27)25-12-4-3-6-17(25)24-26/h7-10H,2-6,11-14H2,1H3,(H2,21,22,23). The van der Waals surface area contributed by atoms with E-state index in [0.29, 0.717) is 13.1 Å². The molecule has 27 heavy (non-hydrogen) atoms. The van der Waals surface area contributed by atoms with Crippen LogP contribution in [0.2, 0.25) is 5.02 Å². The molecule has 7 nitrogen and oxygen atoms in total. The summed E-state index contributed by atoms with van der Waals surface area (Å²) in [6, 6.07) is 7.69. The van der Waals surface area contributed by atoms with Crippen LogP contribution in [0.5, 0.6) is 0 Å². The van der Waals surface area contributed by atoms with Crippen LogP contribution in [0.4, 0.5) is 0 Å². The Balaban J connectivity index is 1.49. The van der Waals surface area contributed by atoms with E-state index in [-0.39, 0.29) is 5.69 Å². The highest BCUT2D eigenvalue weighted by Crippen LogP contribution is 2.10. The van der Waals surface area contributed by atoms with Gasteiger partial charge in [0.2, 0.25) is 0 Å². The molecule has 2 aromatic rings. The lowest BCUT2D eigenvalue weighted by molar-refractivity contribution is 0.509. The van der Waals surface area contributed by atoms with Gasteiger partial charge in [-0.1, -0.05) is 23.7 Å². The highest BCUT2D eigenvalue weighted by Gasteiger charge is 2.16. The van der Waals surface area contributed by atoms with Crippen LogP contribution in [-0.4, -0.2) is 33.4 Å². The van der Waals surface area contributed by atoms with Crippen molar-refractivity contribution >= 4 is 17.6 Å². The molecule has 1 aromatic carbocycles. The number of halogens is 1. The van der Waals surface area contributed by atoms with Crippen LogP contribution in [0.15, 0.2) is 34.1 Å². The predicted octanol–water partition coefficient (Wildman–Crippen LogP) is 2.18. The Morgan fingerprint density at radius 1 is 1.26 bits per heavy atom. The minimum absolute atomic E-state index is 0.0213. The van der Waals surface area contributed by atoms with Gasteiger partial charge in [0.15, 0.2) is 5.96 Å². The second kappa shape index (κ2) is 9.60. The predicted molar refractivity (Wildman–Crippen MR) is 108 cm³/mol. The zero-order chi connectivity index (χ0) is 19.1. The van der Waals surface area contributed by atoms with Crippen LogP contribution in [0.25, 0.3) is 0 Å². The van der Waals surface area contributed by atoms with E-state index >= 15 is 0 Å². The van der Waals surface area contributed by atoms with E-state index in [0.717, 1.165) is 67.7 Å². The van der Waals surface area contributed by atoms with Gasteiger partial charge in [-0.05, 0) is 43.9 Å². The summed E-state index contributed by atoms with van der Waals surface area (Å²) in [5.74, 6) is 1.70. The van der Waals surface area contributed by atoms with Gasteiger partial charge in [-0.2, -0.15) is 5.10 Å². The number of hydrogen-bond acceptors (Lipinski definition) is 3. The van der Waals surface area contributed by atoms with Crippen molar-refractivity contribution in [1.82, 2.24) is 25.0 Å². The van der Waals surface area contributed by atoms with Gasteiger partial charge in [0, 0.05) is 37.6 Å². The summed E-state index contributed by atoms with van der Waals surface area (Å²) in [5, 5.41) is 11.8. The number of aliphatic imine (C=N–C) groups is 1. The monoisotopic (exact) mass is 390 g/mol. The fourth-order valence-corrected chi connectivity index (χ4v) is 3.26. The Hall–Kier alpha value is -2.28. The van der Waals surface area contributed by atoms with Crippen LogP contribution in [-0.2, 0) is 26.1 Å². The topological polar surface area (TPSA) is 76.2 Å². The van der Waals surface area contributed by atoms with Gasteiger partial charge in [0.25, 0.3) is 0 Å². The van der Waals surface area contributed by atoms with Gasteiger partial charge in [0.05, 0.1) is 6.54 Å². The molecule has 1 aliphatic heterocycles. The van der Waals surface area contributed by atoms with Crippen molar-refractivity contribution in [3.63, 3.8) is 0 Å². The maximum absolute atomic E-state index is 12.3. The molecule has 0 saturated carbocycles. The number of nitrogens with zero attached hydrogens (tertiary/aromatic N) is 4. The fourth-order valence-electron chi connectivity index (χ4n) is 3.13. The normalized spacial score (nSPS) is 14.1. The summed E-state index contributed by atoms with van der Waals surface area (Å²) in [4.78, 5) is 16.9. The van der Waals surface area contributed by atoms with Gasteiger partial charge >= 0.3 is 5.69 Å². The number of aryl methyl sites for hydroxylation is 2. The smallest absolute Gasteiger partial charge is 0.345 e. The van der Waals surface area contributed by atoms with Crippen molar-refractivity contribution in [3.05, 3.63) is 51.2 Å². The van der Waals surface area contributed by atoms with Crippen molar-refractivity contribution in [1.29, 1.82) is 0 Å². The zero-order valence-electron chi connectivity index (χ0n) is 15.7. The lowest BCUT2D eigenvalue weighted by atomic mass is 10.2. The molecule has 0 fully saturated rings. The molecular formula is C19H27ClN6O. The second-order valence-electron chi connectivity index (χ2n) is 6.63. The molecule has 0 radical (unpaired) electrons. The van der Waals surface area contributed by atoms with Crippen LogP contribution in [0.1, 0.15) is 37.6 Å². The summed E-state index contributed by atoms with van der Waals surface area (Å²) in [7, 11) is 0. The van der Waals surface area contributed by atoms with Crippen LogP contribution < -0.4 is 16.3 Å². The highest BCUT2D eigenvalue weighted by molar-refractivity contribution is 6.30. The third kappa shape index (κ3) is 5.35. The first-order valence-corrected chi connectivity index (χ1v) is 9.98. The molecular weight excluding hydrogens is 364 g/mol. The number of nitrogens with one attached hydrogen (secondary N) is 2. The van der Waals surface area contributed by atoms with E-state index < -0.39 is 0 Å². The van der Waals surface area contributed by atoms with E-state index in [4.69, 9.17) is 11.6 Å². The first-order chi connectivity index (χ1) is 13.2. The van der Waals surface area contributed by atoms with E-state index in [1.165, 1.54) is 0 Å². The zero-order valence-corrected chi connectivity index (χ0v) is 16.5. The number of hydrogen-bond donors (Lipinski definition) is 2. The first kappa shape index (κ1) is 19.5. The number of fused-ring (bicyclic) bond motifs is 1. The van der Waals surface area contributed by atoms with E-state index in [9.17, 15) is 4.79 Å². The second-order valence-corrected chi connectivity index (χ2v) is 7.07. The first-order valence-electron chi connectivity index (χ1n) is 9.60. The van der Waals surface area contributed by atoms with Crippen molar-refractivity contribution in [2.45, 2.75) is 52.2 Å². The van der Waals surface area contributed by atoms with Crippen LogP contribution >= 0.6 is 11.6 Å². The summed E-state index contributed by atoms with van der Waals surface area (Å²) >= 11 is 5.91.